The Morgan fingerprint density at radius 1 is 1.53 bits per heavy atom. The van der Waals surface area contributed by atoms with E-state index in [9.17, 15) is 9.90 Å². The van der Waals surface area contributed by atoms with E-state index in [1.165, 1.54) is 6.08 Å². The average molecular weight is 252 g/mol. The van der Waals surface area contributed by atoms with Crippen LogP contribution in [0.4, 0.5) is 0 Å². The number of halogens is 1. The highest BCUT2D eigenvalue weighted by molar-refractivity contribution is 6.30. The lowest BCUT2D eigenvalue weighted by Gasteiger charge is -2.12. The lowest BCUT2D eigenvalue weighted by atomic mass is 10.2. The Bertz CT molecular complexity index is 445. The van der Waals surface area contributed by atoms with E-state index in [-0.39, 0.29) is 12.0 Å². The summed E-state index contributed by atoms with van der Waals surface area (Å²) in [4.78, 5) is 13.4. The molecule has 0 saturated carbocycles. The third-order valence-electron chi connectivity index (χ3n) is 2.74. The highest BCUT2D eigenvalue weighted by Crippen LogP contribution is 2.13. The van der Waals surface area contributed by atoms with Crippen LogP contribution in [0.25, 0.3) is 6.08 Å². The van der Waals surface area contributed by atoms with Gasteiger partial charge in [-0.15, -0.1) is 0 Å². The van der Waals surface area contributed by atoms with Gasteiger partial charge in [0.05, 0.1) is 6.10 Å². The van der Waals surface area contributed by atoms with Gasteiger partial charge in [0.25, 0.3) is 0 Å². The topological polar surface area (TPSA) is 40.5 Å². The van der Waals surface area contributed by atoms with Crippen molar-refractivity contribution in [3.05, 3.63) is 40.9 Å². The number of benzene rings is 1. The van der Waals surface area contributed by atoms with Gasteiger partial charge in [-0.1, -0.05) is 23.7 Å². The van der Waals surface area contributed by atoms with E-state index in [1.807, 2.05) is 12.1 Å². The smallest absolute Gasteiger partial charge is 0.246 e. The Balaban J connectivity index is 1.98. The summed E-state index contributed by atoms with van der Waals surface area (Å²) in [5.41, 5.74) is 0.894. The minimum atomic E-state index is -0.376. The third-order valence-corrected chi connectivity index (χ3v) is 2.98. The molecule has 1 fully saturated rings. The van der Waals surface area contributed by atoms with E-state index in [1.54, 1.807) is 23.1 Å². The maximum Gasteiger partial charge on any atom is 0.246 e. The standard InChI is InChI=1S/C13H14ClNO2/c14-11-3-1-2-10(8-11)4-5-13(17)15-7-6-12(16)9-15/h1-5,8,12,16H,6-7,9H2/t12-/m1/s1. The van der Waals surface area contributed by atoms with Gasteiger partial charge in [-0.25, -0.2) is 0 Å². The maximum atomic E-state index is 11.7. The monoisotopic (exact) mass is 251 g/mol. The van der Waals surface area contributed by atoms with Crippen molar-refractivity contribution in [2.24, 2.45) is 0 Å². The summed E-state index contributed by atoms with van der Waals surface area (Å²) < 4.78 is 0. The number of amides is 1. The highest BCUT2D eigenvalue weighted by atomic mass is 35.5. The molecule has 1 saturated heterocycles. The average Bonchev–Trinajstić information content (AvgIpc) is 2.73. The molecular weight excluding hydrogens is 238 g/mol. The van der Waals surface area contributed by atoms with Crippen molar-refractivity contribution >= 4 is 23.6 Å². The first-order valence-electron chi connectivity index (χ1n) is 5.56. The highest BCUT2D eigenvalue weighted by Gasteiger charge is 2.22. The fourth-order valence-electron chi connectivity index (χ4n) is 1.83. The minimum absolute atomic E-state index is 0.0680. The number of aliphatic hydroxyl groups is 1. The first kappa shape index (κ1) is 12.1. The van der Waals surface area contributed by atoms with Crippen LogP contribution in [0.5, 0.6) is 0 Å². The van der Waals surface area contributed by atoms with Gasteiger partial charge in [0.2, 0.25) is 5.91 Å². The summed E-state index contributed by atoms with van der Waals surface area (Å²) in [6.45, 7) is 1.05. The van der Waals surface area contributed by atoms with E-state index >= 15 is 0 Å². The Morgan fingerprint density at radius 3 is 3.00 bits per heavy atom. The normalized spacial score (nSPS) is 20.1. The predicted octanol–water partition coefficient (Wildman–Crippen LogP) is 1.95. The number of rotatable bonds is 2. The van der Waals surface area contributed by atoms with Crippen LogP contribution in [0, 0.1) is 0 Å². The van der Waals surface area contributed by atoms with Crippen molar-refractivity contribution in [1.82, 2.24) is 4.90 Å². The van der Waals surface area contributed by atoms with Crippen LogP contribution >= 0.6 is 11.6 Å². The third kappa shape index (κ3) is 3.32. The summed E-state index contributed by atoms with van der Waals surface area (Å²) in [5, 5.41) is 9.98. The first-order chi connectivity index (χ1) is 8.15. The van der Waals surface area contributed by atoms with Crippen LogP contribution in [-0.2, 0) is 4.79 Å². The van der Waals surface area contributed by atoms with E-state index < -0.39 is 0 Å². The van der Waals surface area contributed by atoms with E-state index in [2.05, 4.69) is 0 Å². The number of carbonyl (C=O) groups excluding carboxylic acids is 1. The number of nitrogens with zero attached hydrogens (tertiary/aromatic N) is 1. The number of aliphatic hydroxyl groups excluding tert-OH is 1. The maximum absolute atomic E-state index is 11.7. The molecule has 1 atom stereocenters. The number of hydrogen-bond donors (Lipinski definition) is 1. The van der Waals surface area contributed by atoms with Crippen molar-refractivity contribution < 1.29 is 9.90 Å². The van der Waals surface area contributed by atoms with Gasteiger partial charge in [-0.2, -0.15) is 0 Å². The van der Waals surface area contributed by atoms with Gasteiger partial charge in [0.1, 0.15) is 0 Å². The molecular formula is C13H14ClNO2. The molecule has 90 valence electrons. The summed E-state index contributed by atoms with van der Waals surface area (Å²) in [6, 6.07) is 7.31. The molecule has 1 aromatic carbocycles. The van der Waals surface area contributed by atoms with Gasteiger partial charge >= 0.3 is 0 Å². The molecule has 1 aromatic rings. The van der Waals surface area contributed by atoms with Crippen molar-refractivity contribution in [2.45, 2.75) is 12.5 Å². The molecule has 2 rings (SSSR count). The Kier molecular flexibility index (Phi) is 3.82. The fraction of sp³-hybridized carbons (Fsp3) is 0.308. The van der Waals surface area contributed by atoms with Crippen molar-refractivity contribution in [3.63, 3.8) is 0 Å². The van der Waals surface area contributed by atoms with Crippen LogP contribution in [-0.4, -0.2) is 35.1 Å². The quantitative estimate of drug-likeness (QED) is 0.817. The Morgan fingerprint density at radius 2 is 2.35 bits per heavy atom. The van der Waals surface area contributed by atoms with Crippen LogP contribution in [0.3, 0.4) is 0 Å². The SMILES string of the molecule is O=C(C=Cc1cccc(Cl)c1)N1CC[C@@H](O)C1. The Labute approximate surface area is 105 Å². The van der Waals surface area contributed by atoms with Gasteiger partial charge in [0.15, 0.2) is 0 Å². The van der Waals surface area contributed by atoms with Crippen LogP contribution in [0.1, 0.15) is 12.0 Å². The first-order valence-corrected chi connectivity index (χ1v) is 5.93. The number of β-amino-alcohol motifs (C(OH)–C–C–N with tert-alkyl or cyclic N) is 1. The largest absolute Gasteiger partial charge is 0.391 e. The molecule has 1 aliphatic heterocycles. The predicted molar refractivity (Wildman–Crippen MR) is 67.7 cm³/mol. The van der Waals surface area contributed by atoms with Gasteiger partial charge < -0.3 is 10.0 Å². The molecule has 4 heteroatoms. The molecule has 17 heavy (non-hydrogen) atoms. The van der Waals surface area contributed by atoms with Gasteiger partial charge in [-0.3, -0.25) is 4.79 Å². The Hall–Kier alpha value is -1.32. The molecule has 0 aromatic heterocycles. The fourth-order valence-corrected chi connectivity index (χ4v) is 2.02. The molecule has 3 nitrogen and oxygen atoms in total. The van der Waals surface area contributed by atoms with E-state index in [0.717, 1.165) is 5.56 Å². The lowest BCUT2D eigenvalue weighted by molar-refractivity contribution is -0.125. The molecule has 1 N–H and O–H groups in total. The van der Waals surface area contributed by atoms with Crippen LogP contribution < -0.4 is 0 Å². The van der Waals surface area contributed by atoms with Crippen LogP contribution in [0.15, 0.2) is 30.3 Å². The van der Waals surface area contributed by atoms with Gasteiger partial charge in [0, 0.05) is 24.2 Å². The van der Waals surface area contributed by atoms with Crippen LogP contribution in [0.2, 0.25) is 5.02 Å². The minimum Gasteiger partial charge on any atom is -0.391 e. The number of hydrogen-bond acceptors (Lipinski definition) is 2. The zero-order valence-corrected chi connectivity index (χ0v) is 10.1. The molecule has 0 unspecified atom stereocenters. The summed E-state index contributed by atoms with van der Waals surface area (Å²) in [7, 11) is 0. The molecule has 1 aliphatic rings. The zero-order valence-electron chi connectivity index (χ0n) is 9.34. The van der Waals surface area contributed by atoms with E-state index in [0.29, 0.717) is 24.5 Å². The molecule has 1 amide bonds. The second-order valence-electron chi connectivity index (χ2n) is 4.12. The number of likely N-dealkylation sites (tertiary alicyclic amines) is 1. The zero-order chi connectivity index (χ0) is 12.3. The van der Waals surface area contributed by atoms with Gasteiger partial charge in [-0.05, 0) is 30.2 Å². The second-order valence-corrected chi connectivity index (χ2v) is 4.55. The number of carbonyl (C=O) groups is 1. The summed E-state index contributed by atoms with van der Waals surface area (Å²) in [5.74, 6) is -0.0680. The molecule has 0 aliphatic carbocycles. The van der Waals surface area contributed by atoms with E-state index in [4.69, 9.17) is 11.6 Å². The summed E-state index contributed by atoms with van der Waals surface area (Å²) >= 11 is 5.84. The lowest BCUT2D eigenvalue weighted by Crippen LogP contribution is -2.27. The van der Waals surface area contributed by atoms with Crippen molar-refractivity contribution in [1.29, 1.82) is 0 Å². The van der Waals surface area contributed by atoms with Crippen molar-refractivity contribution in [2.75, 3.05) is 13.1 Å². The molecule has 1 heterocycles. The summed E-state index contributed by atoms with van der Waals surface area (Å²) in [6.07, 6.45) is 3.54. The molecule has 0 spiro atoms. The molecule has 0 radical (unpaired) electrons. The second kappa shape index (κ2) is 5.34. The molecule has 0 bridgehead atoms. The van der Waals surface area contributed by atoms with Crippen molar-refractivity contribution in [3.8, 4) is 0 Å².